The zero-order valence-corrected chi connectivity index (χ0v) is 41.5. The maximum atomic E-state index is 9.91. The van der Waals surface area contributed by atoms with Crippen LogP contribution in [0.25, 0.3) is 0 Å². The molecule has 0 N–H and O–H groups in total. The van der Waals surface area contributed by atoms with Crippen LogP contribution in [0.4, 0.5) is 20.8 Å². The van der Waals surface area contributed by atoms with E-state index in [0.717, 1.165) is 14.7 Å². The maximum Gasteiger partial charge on any atom is 0.406 e. The van der Waals surface area contributed by atoms with Crippen LogP contribution in [0.3, 0.4) is 0 Å². The molecule has 0 aliphatic carbocycles. The van der Waals surface area contributed by atoms with Gasteiger partial charge in [0.1, 0.15) is 45.4 Å². The number of benzene rings is 9. The van der Waals surface area contributed by atoms with Crippen molar-refractivity contribution in [2.45, 2.75) is 34.1 Å². The molecule has 0 unspecified atom stereocenters. The number of rotatable bonds is 21. The quantitative estimate of drug-likeness (QED) is 0.0302. The summed E-state index contributed by atoms with van der Waals surface area (Å²) in [7, 11) is -1.09. The molecule has 0 atom stereocenters. The van der Waals surface area contributed by atoms with Crippen LogP contribution in [0.5, 0.6) is 51.7 Å². The Morgan fingerprint density at radius 2 is 0.392 bits per heavy atom. The molecule has 380 valence electrons. The van der Waals surface area contributed by atoms with E-state index in [-0.39, 0.29) is 0 Å². The molecule has 0 fully saturated rings. The van der Waals surface area contributed by atoms with E-state index in [9.17, 15) is 20.8 Å². The van der Waals surface area contributed by atoms with Crippen LogP contribution in [-0.4, -0.2) is 33.6 Å². The Morgan fingerprint density at radius 3 is 0.581 bits per heavy atom. The third-order valence-electron chi connectivity index (χ3n) is 9.73. The van der Waals surface area contributed by atoms with Gasteiger partial charge in [-0.1, -0.05) is 146 Å². The van der Waals surface area contributed by atoms with Gasteiger partial charge in [0.15, 0.2) is 17.2 Å². The third kappa shape index (κ3) is 17.2. The van der Waals surface area contributed by atoms with Gasteiger partial charge in [-0.05, 0) is 109 Å². The summed E-state index contributed by atoms with van der Waals surface area (Å²) in [4.78, 5) is 2.26. The van der Waals surface area contributed by atoms with Gasteiger partial charge >= 0.3 is 54.4 Å². The topological polar surface area (TPSA) is 83.1 Å². The van der Waals surface area contributed by atoms with Gasteiger partial charge in [-0.2, -0.15) is 0 Å². The summed E-state index contributed by atoms with van der Waals surface area (Å²) in [5.41, 5.74) is 0. The van der Waals surface area contributed by atoms with Crippen LogP contribution >= 0.6 is 0 Å². The molecule has 0 aliphatic heterocycles. The molecule has 0 saturated carbocycles. The Morgan fingerprint density at radius 1 is 0.230 bits per heavy atom. The van der Waals surface area contributed by atoms with E-state index >= 15 is 0 Å². The van der Waals surface area contributed by atoms with Crippen molar-refractivity contribution < 1.29 is 63.4 Å². The summed E-state index contributed by atoms with van der Waals surface area (Å²) < 4.78 is 118. The predicted octanol–water partition coefficient (Wildman–Crippen LogP) is 15.4. The van der Waals surface area contributed by atoms with Gasteiger partial charge in [-0.15, -0.1) is 0 Å². The van der Waals surface area contributed by atoms with Gasteiger partial charge in [-0.3, -0.25) is 0 Å². The van der Waals surface area contributed by atoms with Crippen LogP contribution in [0.2, 0.25) is 0 Å². The maximum absolute atomic E-state index is 11.1. The second kappa shape index (κ2) is 23.5. The van der Waals surface area contributed by atoms with Gasteiger partial charge < -0.3 is 42.6 Å². The summed E-state index contributed by atoms with van der Waals surface area (Å²) in [5.74, 6) is 4.77. The molecular weight excluding hydrogens is 1050 g/mol. The van der Waals surface area contributed by atoms with Gasteiger partial charge in [0.2, 0.25) is 14.7 Å². The molecule has 0 aromatic heterocycles. The molecule has 0 saturated heterocycles. The fraction of sp³-hybridized carbons (Fsp3) is 0.0526. The van der Waals surface area contributed by atoms with Gasteiger partial charge in [0, 0.05) is 0 Å². The number of hydrogen-bond donors (Lipinski definition) is 0. The zero-order valence-electron chi connectivity index (χ0n) is 38.8. The first-order valence-corrected chi connectivity index (χ1v) is 28.0. The molecule has 74 heavy (non-hydrogen) atoms. The van der Waals surface area contributed by atoms with E-state index in [1.54, 1.807) is 0 Å². The first-order valence-electron chi connectivity index (χ1n) is 22.5. The van der Waals surface area contributed by atoms with Crippen molar-refractivity contribution in [3.8, 4) is 51.7 Å². The minimum Gasteiger partial charge on any atom is -0.423 e. The van der Waals surface area contributed by atoms with Crippen molar-refractivity contribution in [3.05, 3.63) is 255 Å². The Kier molecular flexibility index (Phi) is 16.5. The van der Waals surface area contributed by atoms with E-state index in [1.807, 2.05) is 255 Å². The Bertz CT molecular complexity index is 2670. The molecule has 9 rings (SSSR count). The third-order valence-corrected chi connectivity index (χ3v) is 12.1. The first kappa shape index (κ1) is 52.0. The Labute approximate surface area is 427 Å². The Balaban J connectivity index is 0.000000972. The fourth-order valence-corrected chi connectivity index (χ4v) is 9.00. The molecular formula is C57H45AsF6O9S. The molecule has 9 aromatic carbocycles. The average molecular weight is 1090 g/mol. The van der Waals surface area contributed by atoms with Gasteiger partial charge in [-0.25, -0.2) is 0 Å². The summed E-state index contributed by atoms with van der Waals surface area (Å²) in [6, 6.07) is 79.6. The number of ether oxygens (including phenoxy) is 9. The molecule has 0 heterocycles. The van der Waals surface area contributed by atoms with Crippen LogP contribution in [0.15, 0.2) is 269 Å². The second-order valence-corrected chi connectivity index (χ2v) is 21.4. The van der Waals surface area contributed by atoms with Crippen LogP contribution in [-0.2, 0) is 10.9 Å². The minimum atomic E-state index is -11.1. The SMILES string of the molecule is F[As-](F)(F)(F)(F)F.c1ccc(OC(Oc2ccccc2)Oc2ccccc2[S+](c2ccccc2OC(Oc2ccccc2)Oc2ccccc2)c2ccccc2OC(Oc2ccccc2)Oc2ccccc2)cc1. The second-order valence-electron chi connectivity index (χ2n) is 15.4. The van der Waals surface area contributed by atoms with Crippen LogP contribution in [0, 0.1) is 0 Å². The normalized spacial score (nSPS) is 12.1. The van der Waals surface area contributed by atoms with E-state index in [4.69, 9.17) is 42.6 Å². The number of halogens is 6. The van der Waals surface area contributed by atoms with E-state index in [1.165, 1.54) is 0 Å². The summed E-state index contributed by atoms with van der Waals surface area (Å²) in [6.07, 6.45) is 0. The van der Waals surface area contributed by atoms with Crippen molar-refractivity contribution in [2.75, 3.05) is 0 Å². The minimum absolute atomic E-state index is 0.475. The standard InChI is InChI=1S/C57H45O9S.AsF6/c1-7-25-43(26-8-1)58-55(59-44-27-9-2-10-28-44)64-49-37-19-22-40-52(49)67(53-41-23-20-38-50(53)65-56(60-45-29-11-3-12-30-45)61-46-31-13-4-14-32-46)54-42-24-21-39-51(54)66-57(62-47-33-15-5-16-34-47)63-48-35-17-6-18-36-48;2-1(3,4,5,6)7/h1-42,55-57H;/q+1;-1. The average Bonchev–Trinajstić information content (AvgIpc) is 3.39. The molecule has 9 aromatic rings. The summed E-state index contributed by atoms with van der Waals surface area (Å²) in [5, 5.41) is 0. The predicted molar refractivity (Wildman–Crippen MR) is 270 cm³/mol. The van der Waals surface area contributed by atoms with Crippen molar-refractivity contribution in [1.82, 2.24) is 0 Å². The molecule has 0 bridgehead atoms. The molecule has 0 radical (unpaired) electrons. The van der Waals surface area contributed by atoms with Crippen LogP contribution in [0.1, 0.15) is 0 Å². The van der Waals surface area contributed by atoms with E-state index < -0.39 is 44.5 Å². The van der Waals surface area contributed by atoms with Crippen molar-refractivity contribution in [2.24, 2.45) is 0 Å². The molecule has 0 spiro atoms. The molecule has 17 heteroatoms. The fourth-order valence-electron chi connectivity index (χ4n) is 6.69. The van der Waals surface area contributed by atoms with Crippen LogP contribution < -0.4 is 42.6 Å². The first-order chi connectivity index (χ1) is 35.6. The van der Waals surface area contributed by atoms with Gasteiger partial charge in [0.25, 0.3) is 0 Å². The monoisotopic (exact) mass is 1090 g/mol. The smallest absolute Gasteiger partial charge is 0.406 e. The molecule has 9 nitrogen and oxygen atoms in total. The van der Waals surface area contributed by atoms with E-state index in [0.29, 0.717) is 51.7 Å². The van der Waals surface area contributed by atoms with Crippen molar-refractivity contribution in [3.63, 3.8) is 0 Å². The summed E-state index contributed by atoms with van der Waals surface area (Å²) in [6.45, 7) is -3.62. The largest absolute Gasteiger partial charge is 0.423 e. The summed E-state index contributed by atoms with van der Waals surface area (Å²) >= 11 is -11.1. The molecule has 0 aliphatic rings. The van der Waals surface area contributed by atoms with E-state index in [2.05, 4.69) is 0 Å². The number of hydrogen-bond acceptors (Lipinski definition) is 9. The number of para-hydroxylation sites is 9. The van der Waals surface area contributed by atoms with Crippen molar-refractivity contribution >= 4 is 25.1 Å². The zero-order chi connectivity index (χ0) is 51.7. The molecule has 0 amide bonds. The van der Waals surface area contributed by atoms with Gasteiger partial charge in [0.05, 0.1) is 0 Å². The van der Waals surface area contributed by atoms with Crippen molar-refractivity contribution in [1.29, 1.82) is 0 Å². The Hall–Kier alpha value is -8.33.